The maximum absolute atomic E-state index is 12.6. The van der Waals surface area contributed by atoms with Gasteiger partial charge in [-0.3, -0.25) is 9.59 Å². The smallest absolute Gasteiger partial charge is 0.251 e. The van der Waals surface area contributed by atoms with Crippen LogP contribution in [-0.2, 0) is 4.79 Å². The molecule has 146 valence electrons. The lowest BCUT2D eigenvalue weighted by atomic mass is 10.1. The Kier molecular flexibility index (Phi) is 4.68. The van der Waals surface area contributed by atoms with Gasteiger partial charge in [-0.25, -0.2) is 0 Å². The van der Waals surface area contributed by atoms with Crippen LogP contribution in [0.5, 0.6) is 23.0 Å². The standard InChI is InChI=1S/C20H20N2O6/c1-25-15-6-4-14(9-17(15)26-2)22-10-13(8-19(22)23)21-20(24)12-3-5-16-18(7-12)28-11-27-16/h3-7,9,13H,8,10-11H2,1-2H3,(H,21,24)/t13-/m1/s1. The Bertz CT molecular complexity index is 929. The van der Waals surface area contributed by atoms with E-state index in [2.05, 4.69) is 5.32 Å². The van der Waals surface area contributed by atoms with Gasteiger partial charge < -0.3 is 29.2 Å². The molecule has 2 aromatic rings. The van der Waals surface area contributed by atoms with E-state index in [-0.39, 0.29) is 31.1 Å². The predicted molar refractivity (Wildman–Crippen MR) is 100 cm³/mol. The highest BCUT2D eigenvalue weighted by molar-refractivity contribution is 5.99. The average molecular weight is 384 g/mol. The maximum Gasteiger partial charge on any atom is 0.251 e. The molecule has 8 nitrogen and oxygen atoms in total. The number of anilines is 1. The molecule has 2 heterocycles. The van der Waals surface area contributed by atoms with E-state index in [4.69, 9.17) is 18.9 Å². The van der Waals surface area contributed by atoms with Gasteiger partial charge in [0.1, 0.15) is 0 Å². The molecular weight excluding hydrogens is 364 g/mol. The van der Waals surface area contributed by atoms with E-state index in [1.165, 1.54) is 0 Å². The van der Waals surface area contributed by atoms with Gasteiger partial charge in [0.25, 0.3) is 5.91 Å². The van der Waals surface area contributed by atoms with Crippen molar-refractivity contribution in [1.29, 1.82) is 0 Å². The number of ether oxygens (including phenoxy) is 4. The number of amides is 2. The first kappa shape index (κ1) is 18.0. The van der Waals surface area contributed by atoms with Crippen LogP contribution >= 0.6 is 0 Å². The van der Waals surface area contributed by atoms with Crippen molar-refractivity contribution in [1.82, 2.24) is 5.32 Å². The second-order valence-corrected chi connectivity index (χ2v) is 6.49. The Labute approximate surface area is 161 Å². The van der Waals surface area contributed by atoms with E-state index in [0.29, 0.717) is 40.8 Å². The summed E-state index contributed by atoms with van der Waals surface area (Å²) in [5, 5.41) is 2.91. The summed E-state index contributed by atoms with van der Waals surface area (Å²) in [7, 11) is 3.10. The molecule has 0 spiro atoms. The lowest BCUT2D eigenvalue weighted by Crippen LogP contribution is -2.37. The Balaban J connectivity index is 1.45. The van der Waals surface area contributed by atoms with Gasteiger partial charge in [0, 0.05) is 30.3 Å². The zero-order valence-electron chi connectivity index (χ0n) is 15.6. The van der Waals surface area contributed by atoms with Gasteiger partial charge in [-0.2, -0.15) is 0 Å². The molecule has 0 bridgehead atoms. The first-order valence-corrected chi connectivity index (χ1v) is 8.82. The van der Waals surface area contributed by atoms with Crippen LogP contribution < -0.4 is 29.2 Å². The molecule has 0 aliphatic carbocycles. The van der Waals surface area contributed by atoms with Crippen LogP contribution in [0, 0.1) is 0 Å². The molecular formula is C20H20N2O6. The summed E-state index contributed by atoms with van der Waals surface area (Å²) in [5.41, 5.74) is 1.16. The fourth-order valence-corrected chi connectivity index (χ4v) is 3.35. The SMILES string of the molecule is COc1ccc(N2C[C@H](NC(=O)c3ccc4c(c3)OCO4)CC2=O)cc1OC. The first-order valence-electron chi connectivity index (χ1n) is 8.82. The summed E-state index contributed by atoms with van der Waals surface area (Å²) in [6, 6.07) is 10.0. The largest absolute Gasteiger partial charge is 0.493 e. The minimum absolute atomic E-state index is 0.0665. The van der Waals surface area contributed by atoms with E-state index >= 15 is 0 Å². The number of nitrogens with one attached hydrogen (secondary N) is 1. The monoisotopic (exact) mass is 384 g/mol. The molecule has 1 fully saturated rings. The zero-order valence-corrected chi connectivity index (χ0v) is 15.6. The number of benzene rings is 2. The zero-order chi connectivity index (χ0) is 19.7. The number of hydrogen-bond acceptors (Lipinski definition) is 6. The molecule has 1 atom stereocenters. The molecule has 2 amide bonds. The highest BCUT2D eigenvalue weighted by Gasteiger charge is 2.32. The van der Waals surface area contributed by atoms with Crippen molar-refractivity contribution in [2.24, 2.45) is 0 Å². The van der Waals surface area contributed by atoms with Crippen LogP contribution in [0.15, 0.2) is 36.4 Å². The van der Waals surface area contributed by atoms with Crippen LogP contribution in [0.4, 0.5) is 5.69 Å². The van der Waals surface area contributed by atoms with Gasteiger partial charge in [0.2, 0.25) is 12.7 Å². The van der Waals surface area contributed by atoms with Gasteiger partial charge >= 0.3 is 0 Å². The number of carbonyl (C=O) groups excluding carboxylic acids is 2. The fourth-order valence-electron chi connectivity index (χ4n) is 3.35. The van der Waals surface area contributed by atoms with Crippen LogP contribution in [0.25, 0.3) is 0 Å². The number of nitrogens with zero attached hydrogens (tertiary/aromatic N) is 1. The lowest BCUT2D eigenvalue weighted by molar-refractivity contribution is -0.117. The van der Waals surface area contributed by atoms with Gasteiger partial charge in [-0.15, -0.1) is 0 Å². The summed E-state index contributed by atoms with van der Waals surface area (Å²) in [5.74, 6) is 1.97. The Morgan fingerprint density at radius 2 is 1.86 bits per heavy atom. The molecule has 0 aromatic heterocycles. The van der Waals surface area contributed by atoms with E-state index < -0.39 is 0 Å². The second kappa shape index (κ2) is 7.30. The van der Waals surface area contributed by atoms with E-state index in [0.717, 1.165) is 0 Å². The first-order chi connectivity index (χ1) is 13.6. The van der Waals surface area contributed by atoms with Crippen LogP contribution in [0.1, 0.15) is 16.8 Å². The molecule has 1 N–H and O–H groups in total. The number of rotatable bonds is 5. The van der Waals surface area contributed by atoms with E-state index in [9.17, 15) is 9.59 Å². The summed E-state index contributed by atoms with van der Waals surface area (Å²) >= 11 is 0. The van der Waals surface area contributed by atoms with Gasteiger partial charge in [-0.1, -0.05) is 0 Å². The molecule has 2 aliphatic rings. The fraction of sp³-hybridized carbons (Fsp3) is 0.300. The van der Waals surface area contributed by atoms with E-state index in [1.807, 2.05) is 0 Å². The normalized spacial score (nSPS) is 17.6. The van der Waals surface area contributed by atoms with Crippen molar-refractivity contribution >= 4 is 17.5 Å². The highest BCUT2D eigenvalue weighted by atomic mass is 16.7. The summed E-state index contributed by atoms with van der Waals surface area (Å²) in [6.07, 6.45) is 0.227. The molecule has 0 radical (unpaired) electrons. The molecule has 8 heteroatoms. The molecule has 1 saturated heterocycles. The predicted octanol–water partition coefficient (Wildman–Crippen LogP) is 1.97. The van der Waals surface area contributed by atoms with Crippen molar-refractivity contribution < 1.29 is 28.5 Å². The molecule has 4 rings (SSSR count). The number of methoxy groups -OCH3 is 2. The average Bonchev–Trinajstić information content (AvgIpc) is 3.32. The third kappa shape index (κ3) is 3.28. The number of carbonyl (C=O) groups is 2. The lowest BCUT2D eigenvalue weighted by Gasteiger charge is -2.19. The van der Waals surface area contributed by atoms with Crippen molar-refractivity contribution in [3.8, 4) is 23.0 Å². The number of fused-ring (bicyclic) bond motifs is 1. The molecule has 2 aromatic carbocycles. The van der Waals surface area contributed by atoms with Crippen molar-refractivity contribution in [3.05, 3.63) is 42.0 Å². The van der Waals surface area contributed by atoms with Crippen molar-refractivity contribution in [2.75, 3.05) is 32.5 Å². The maximum atomic E-state index is 12.6. The highest BCUT2D eigenvalue weighted by Crippen LogP contribution is 2.34. The molecule has 28 heavy (non-hydrogen) atoms. The minimum atomic E-state index is -0.293. The minimum Gasteiger partial charge on any atom is -0.493 e. The second-order valence-electron chi connectivity index (χ2n) is 6.49. The van der Waals surface area contributed by atoms with Gasteiger partial charge in [0.15, 0.2) is 23.0 Å². The quantitative estimate of drug-likeness (QED) is 0.848. The van der Waals surface area contributed by atoms with Crippen molar-refractivity contribution in [2.45, 2.75) is 12.5 Å². The summed E-state index contributed by atoms with van der Waals surface area (Å²) in [6.45, 7) is 0.530. The molecule has 0 unspecified atom stereocenters. The third-order valence-corrected chi connectivity index (χ3v) is 4.77. The van der Waals surface area contributed by atoms with Crippen molar-refractivity contribution in [3.63, 3.8) is 0 Å². The Morgan fingerprint density at radius 1 is 1.07 bits per heavy atom. The van der Waals surface area contributed by atoms with Crippen LogP contribution in [-0.4, -0.2) is 45.4 Å². The molecule has 2 aliphatic heterocycles. The van der Waals surface area contributed by atoms with Gasteiger partial charge in [-0.05, 0) is 30.3 Å². The topological polar surface area (TPSA) is 86.3 Å². The third-order valence-electron chi connectivity index (χ3n) is 4.77. The Morgan fingerprint density at radius 3 is 2.64 bits per heavy atom. The van der Waals surface area contributed by atoms with Crippen LogP contribution in [0.3, 0.4) is 0 Å². The molecule has 0 saturated carbocycles. The number of hydrogen-bond donors (Lipinski definition) is 1. The van der Waals surface area contributed by atoms with Gasteiger partial charge in [0.05, 0.1) is 20.3 Å². The Hall–Kier alpha value is -3.42. The van der Waals surface area contributed by atoms with Crippen LogP contribution in [0.2, 0.25) is 0 Å². The summed E-state index contributed by atoms with van der Waals surface area (Å²) < 4.78 is 21.1. The summed E-state index contributed by atoms with van der Waals surface area (Å²) in [4.78, 5) is 26.7. The van der Waals surface area contributed by atoms with E-state index in [1.54, 1.807) is 55.5 Å².